The maximum absolute atomic E-state index is 11.6. The maximum atomic E-state index is 11.6. The summed E-state index contributed by atoms with van der Waals surface area (Å²) in [6, 6.07) is 5.22. The van der Waals surface area contributed by atoms with Crippen LogP contribution in [-0.4, -0.2) is 16.9 Å². The van der Waals surface area contributed by atoms with Crippen molar-refractivity contribution in [2.75, 3.05) is 5.32 Å². The third kappa shape index (κ3) is 3.11. The van der Waals surface area contributed by atoms with Crippen LogP contribution in [-0.2, 0) is 10.2 Å². The molecule has 1 aromatic heterocycles. The number of carbonyl (C=O) groups is 1. The SMILES string of the molecule is C[C@@H](N)C(=O)Nc1ccc2nc(C(C)(C)C)sc2c1. The molecule has 1 amide bonds. The van der Waals surface area contributed by atoms with E-state index in [4.69, 9.17) is 5.73 Å². The molecule has 0 fully saturated rings. The molecule has 0 saturated heterocycles. The summed E-state index contributed by atoms with van der Waals surface area (Å²) in [5, 5.41) is 3.89. The molecular formula is C14H19N3OS. The first-order valence-corrected chi connectivity index (χ1v) is 7.06. The first-order chi connectivity index (χ1) is 8.77. The molecule has 0 spiro atoms. The van der Waals surface area contributed by atoms with Crippen molar-refractivity contribution in [2.24, 2.45) is 5.73 Å². The number of fused-ring (bicyclic) bond motifs is 1. The highest BCUT2D eigenvalue weighted by atomic mass is 32.1. The molecule has 1 aromatic carbocycles. The van der Waals surface area contributed by atoms with Crippen molar-refractivity contribution in [3.63, 3.8) is 0 Å². The Hall–Kier alpha value is -1.46. The predicted octanol–water partition coefficient (Wildman–Crippen LogP) is 2.88. The van der Waals surface area contributed by atoms with Crippen LogP contribution < -0.4 is 11.1 Å². The van der Waals surface area contributed by atoms with Crippen LogP contribution in [0.1, 0.15) is 32.7 Å². The molecule has 3 N–H and O–H groups in total. The van der Waals surface area contributed by atoms with Gasteiger partial charge in [0.25, 0.3) is 0 Å². The molecular weight excluding hydrogens is 258 g/mol. The van der Waals surface area contributed by atoms with Gasteiger partial charge in [-0.2, -0.15) is 0 Å². The Morgan fingerprint density at radius 2 is 2.11 bits per heavy atom. The molecule has 0 aliphatic rings. The average molecular weight is 277 g/mol. The zero-order chi connectivity index (χ0) is 14.2. The zero-order valence-electron chi connectivity index (χ0n) is 11.7. The van der Waals surface area contributed by atoms with Crippen LogP contribution >= 0.6 is 11.3 Å². The second-order valence-electron chi connectivity index (χ2n) is 5.73. The number of nitrogens with two attached hydrogens (primary N) is 1. The van der Waals surface area contributed by atoms with Crippen LogP contribution in [0.3, 0.4) is 0 Å². The molecule has 1 atom stereocenters. The second kappa shape index (κ2) is 4.90. The summed E-state index contributed by atoms with van der Waals surface area (Å²) in [5.41, 5.74) is 7.31. The summed E-state index contributed by atoms with van der Waals surface area (Å²) in [6.07, 6.45) is 0. The minimum Gasteiger partial charge on any atom is -0.325 e. The molecule has 5 heteroatoms. The summed E-state index contributed by atoms with van der Waals surface area (Å²) >= 11 is 1.66. The first-order valence-electron chi connectivity index (χ1n) is 6.25. The Balaban J connectivity index is 2.33. The normalized spacial score (nSPS) is 13.5. The van der Waals surface area contributed by atoms with Gasteiger partial charge in [0.2, 0.25) is 5.91 Å². The van der Waals surface area contributed by atoms with Gasteiger partial charge in [0, 0.05) is 11.1 Å². The molecule has 0 aliphatic carbocycles. The number of thiazole rings is 1. The monoisotopic (exact) mass is 277 g/mol. The van der Waals surface area contributed by atoms with E-state index in [2.05, 4.69) is 31.1 Å². The van der Waals surface area contributed by atoms with Gasteiger partial charge in [0.05, 0.1) is 21.3 Å². The van der Waals surface area contributed by atoms with Crippen LogP contribution in [0.25, 0.3) is 10.2 Å². The van der Waals surface area contributed by atoms with Gasteiger partial charge in [-0.15, -0.1) is 11.3 Å². The largest absolute Gasteiger partial charge is 0.325 e. The van der Waals surface area contributed by atoms with E-state index in [-0.39, 0.29) is 11.3 Å². The van der Waals surface area contributed by atoms with Crippen LogP contribution in [0, 0.1) is 0 Å². The number of hydrogen-bond acceptors (Lipinski definition) is 4. The van der Waals surface area contributed by atoms with E-state index in [0.717, 1.165) is 20.9 Å². The van der Waals surface area contributed by atoms with Crippen molar-refractivity contribution in [3.05, 3.63) is 23.2 Å². The quantitative estimate of drug-likeness (QED) is 0.887. The van der Waals surface area contributed by atoms with Gasteiger partial charge < -0.3 is 11.1 Å². The smallest absolute Gasteiger partial charge is 0.240 e. The van der Waals surface area contributed by atoms with E-state index in [1.54, 1.807) is 18.3 Å². The van der Waals surface area contributed by atoms with E-state index in [1.807, 2.05) is 18.2 Å². The van der Waals surface area contributed by atoms with Crippen LogP contribution in [0.2, 0.25) is 0 Å². The fourth-order valence-corrected chi connectivity index (χ4v) is 2.64. The summed E-state index contributed by atoms with van der Waals surface area (Å²) in [7, 11) is 0. The maximum Gasteiger partial charge on any atom is 0.240 e. The van der Waals surface area contributed by atoms with Gasteiger partial charge in [-0.25, -0.2) is 4.98 Å². The number of amides is 1. The third-order valence-corrected chi connectivity index (χ3v) is 4.16. The van der Waals surface area contributed by atoms with Gasteiger partial charge >= 0.3 is 0 Å². The summed E-state index contributed by atoms with van der Waals surface area (Å²) in [4.78, 5) is 16.2. The van der Waals surface area contributed by atoms with Crippen molar-refractivity contribution in [1.82, 2.24) is 4.98 Å². The van der Waals surface area contributed by atoms with Crippen LogP contribution in [0.4, 0.5) is 5.69 Å². The fraction of sp³-hybridized carbons (Fsp3) is 0.429. The molecule has 0 bridgehead atoms. The van der Waals surface area contributed by atoms with E-state index in [0.29, 0.717) is 0 Å². The van der Waals surface area contributed by atoms with Crippen molar-refractivity contribution in [1.29, 1.82) is 0 Å². The van der Waals surface area contributed by atoms with Gasteiger partial charge in [0.1, 0.15) is 0 Å². The minimum absolute atomic E-state index is 0.0405. The molecule has 4 nitrogen and oxygen atoms in total. The van der Waals surface area contributed by atoms with Gasteiger partial charge in [0.15, 0.2) is 0 Å². The summed E-state index contributed by atoms with van der Waals surface area (Å²) < 4.78 is 1.08. The first kappa shape index (κ1) is 14.0. The number of rotatable bonds is 2. The molecule has 0 unspecified atom stereocenters. The molecule has 2 aromatic rings. The Labute approximate surface area is 117 Å². The second-order valence-corrected chi connectivity index (χ2v) is 6.76. The molecule has 19 heavy (non-hydrogen) atoms. The lowest BCUT2D eigenvalue weighted by Gasteiger charge is -2.13. The summed E-state index contributed by atoms with van der Waals surface area (Å²) in [5.74, 6) is -0.181. The Bertz CT molecular complexity index is 611. The lowest BCUT2D eigenvalue weighted by Crippen LogP contribution is -2.32. The zero-order valence-corrected chi connectivity index (χ0v) is 12.5. The third-order valence-electron chi connectivity index (χ3n) is 2.71. The molecule has 102 valence electrons. The number of anilines is 1. The van der Waals surface area contributed by atoms with E-state index in [9.17, 15) is 4.79 Å². The van der Waals surface area contributed by atoms with Gasteiger partial charge in [-0.05, 0) is 25.1 Å². The molecule has 0 saturated carbocycles. The minimum atomic E-state index is -0.512. The van der Waals surface area contributed by atoms with Crippen molar-refractivity contribution in [3.8, 4) is 0 Å². The van der Waals surface area contributed by atoms with Crippen molar-refractivity contribution in [2.45, 2.75) is 39.2 Å². The lowest BCUT2D eigenvalue weighted by atomic mass is 9.98. The number of carbonyl (C=O) groups excluding carboxylic acids is 1. The number of aromatic nitrogens is 1. The van der Waals surface area contributed by atoms with Gasteiger partial charge in [-0.3, -0.25) is 4.79 Å². The van der Waals surface area contributed by atoms with Crippen LogP contribution in [0.5, 0.6) is 0 Å². The highest BCUT2D eigenvalue weighted by Crippen LogP contribution is 2.32. The summed E-state index contributed by atoms with van der Waals surface area (Å²) in [6.45, 7) is 8.09. The molecule has 0 aliphatic heterocycles. The topological polar surface area (TPSA) is 68.0 Å². The predicted molar refractivity (Wildman–Crippen MR) is 80.6 cm³/mol. The number of benzene rings is 1. The Morgan fingerprint density at radius 3 is 2.68 bits per heavy atom. The lowest BCUT2D eigenvalue weighted by molar-refractivity contribution is -0.117. The highest BCUT2D eigenvalue weighted by Gasteiger charge is 2.19. The van der Waals surface area contributed by atoms with Crippen molar-refractivity contribution >= 4 is 33.1 Å². The Morgan fingerprint density at radius 1 is 1.42 bits per heavy atom. The fourth-order valence-electron chi connectivity index (χ4n) is 1.58. The number of hydrogen-bond donors (Lipinski definition) is 2. The molecule has 2 rings (SSSR count). The number of nitrogens with one attached hydrogen (secondary N) is 1. The average Bonchev–Trinajstić information content (AvgIpc) is 2.71. The molecule has 0 radical (unpaired) electrons. The standard InChI is InChI=1S/C14H19N3OS/c1-8(15)12(18)16-9-5-6-10-11(7-9)19-13(17-10)14(2,3)4/h5-8H,15H2,1-4H3,(H,16,18)/t8-/m1/s1. The van der Waals surface area contributed by atoms with E-state index >= 15 is 0 Å². The van der Waals surface area contributed by atoms with E-state index < -0.39 is 6.04 Å². The van der Waals surface area contributed by atoms with Gasteiger partial charge in [-0.1, -0.05) is 20.8 Å². The number of nitrogens with zero attached hydrogens (tertiary/aromatic N) is 1. The highest BCUT2D eigenvalue weighted by molar-refractivity contribution is 7.18. The molecule has 1 heterocycles. The van der Waals surface area contributed by atoms with Crippen molar-refractivity contribution < 1.29 is 4.79 Å². The van der Waals surface area contributed by atoms with Crippen LogP contribution in [0.15, 0.2) is 18.2 Å². The van der Waals surface area contributed by atoms with E-state index in [1.165, 1.54) is 0 Å². The Kier molecular flexibility index (Phi) is 3.60.